The number of aryl methyl sites for hydroxylation is 1. The Morgan fingerprint density at radius 2 is 1.81 bits per heavy atom. The molecule has 0 unspecified atom stereocenters. The molecule has 0 amide bonds. The van der Waals surface area contributed by atoms with Crippen molar-refractivity contribution in [2.45, 2.75) is 18.4 Å². The van der Waals surface area contributed by atoms with Gasteiger partial charge in [-0.25, -0.2) is 8.42 Å². The topological polar surface area (TPSA) is 123 Å². The van der Waals surface area contributed by atoms with Gasteiger partial charge in [0.25, 0.3) is 5.69 Å². The smallest absolute Gasteiger partial charge is 0.270 e. The predicted molar refractivity (Wildman–Crippen MR) is 112 cm³/mol. The van der Waals surface area contributed by atoms with Crippen molar-refractivity contribution in [1.29, 1.82) is 0 Å². The number of piperazine rings is 1. The van der Waals surface area contributed by atoms with Crippen LogP contribution in [0.15, 0.2) is 57.8 Å². The number of non-ortho nitro benzene ring substituents is 1. The number of nitrogens with zero attached hydrogens (tertiary/aromatic N) is 5. The van der Waals surface area contributed by atoms with Crippen molar-refractivity contribution in [2.75, 3.05) is 26.2 Å². The van der Waals surface area contributed by atoms with E-state index in [2.05, 4.69) is 10.2 Å². The van der Waals surface area contributed by atoms with Crippen LogP contribution in [0.1, 0.15) is 11.5 Å². The maximum Gasteiger partial charge on any atom is 0.270 e. The van der Waals surface area contributed by atoms with Crippen LogP contribution in [0, 0.1) is 17.0 Å². The monoisotopic (exact) mass is 443 g/mol. The van der Waals surface area contributed by atoms with E-state index < -0.39 is 14.9 Å². The highest BCUT2D eigenvalue weighted by atomic mass is 32.2. The number of hydrogen-bond donors (Lipinski definition) is 0. The number of nitro groups is 1. The molecule has 1 aliphatic rings. The Morgan fingerprint density at radius 1 is 1.06 bits per heavy atom. The lowest BCUT2D eigenvalue weighted by Gasteiger charge is -2.33. The summed E-state index contributed by atoms with van der Waals surface area (Å²) in [5.41, 5.74) is 1.70. The van der Waals surface area contributed by atoms with Gasteiger partial charge in [-0.3, -0.25) is 15.0 Å². The van der Waals surface area contributed by atoms with E-state index in [1.165, 1.54) is 22.5 Å². The van der Waals surface area contributed by atoms with E-state index in [-0.39, 0.29) is 23.7 Å². The van der Waals surface area contributed by atoms with E-state index in [1.54, 1.807) is 0 Å². The summed E-state index contributed by atoms with van der Waals surface area (Å²) in [6, 6.07) is 12.9. The van der Waals surface area contributed by atoms with Crippen LogP contribution in [0.2, 0.25) is 0 Å². The van der Waals surface area contributed by atoms with Gasteiger partial charge in [0.2, 0.25) is 21.8 Å². The molecule has 162 valence electrons. The van der Waals surface area contributed by atoms with Crippen molar-refractivity contribution in [3.8, 4) is 11.5 Å². The molecule has 0 spiro atoms. The quantitative estimate of drug-likeness (QED) is 0.420. The van der Waals surface area contributed by atoms with Gasteiger partial charge in [0, 0.05) is 43.9 Å². The molecule has 1 fully saturated rings. The van der Waals surface area contributed by atoms with E-state index in [0.29, 0.717) is 31.4 Å². The Balaban J connectivity index is 1.39. The molecule has 0 radical (unpaired) electrons. The zero-order chi connectivity index (χ0) is 22.0. The van der Waals surface area contributed by atoms with Crippen molar-refractivity contribution >= 4 is 15.7 Å². The van der Waals surface area contributed by atoms with Gasteiger partial charge in [0.1, 0.15) is 0 Å². The minimum Gasteiger partial charge on any atom is -0.419 e. The summed E-state index contributed by atoms with van der Waals surface area (Å²) in [5.74, 6) is 0.914. The van der Waals surface area contributed by atoms with Crippen LogP contribution < -0.4 is 0 Å². The molecule has 2 aromatic carbocycles. The maximum absolute atomic E-state index is 12.9. The number of hydrogen-bond acceptors (Lipinski definition) is 8. The Hall–Kier alpha value is -3.15. The first-order chi connectivity index (χ1) is 14.8. The third-order valence-corrected chi connectivity index (χ3v) is 6.98. The first-order valence-corrected chi connectivity index (χ1v) is 11.1. The minimum atomic E-state index is -3.80. The van der Waals surface area contributed by atoms with Crippen molar-refractivity contribution in [3.63, 3.8) is 0 Å². The van der Waals surface area contributed by atoms with Crippen LogP contribution in [-0.2, 0) is 16.6 Å². The lowest BCUT2D eigenvalue weighted by Crippen LogP contribution is -2.48. The minimum absolute atomic E-state index is 0.0742. The Bertz CT molecular complexity index is 1200. The molecular weight excluding hydrogens is 422 g/mol. The van der Waals surface area contributed by atoms with Gasteiger partial charge in [-0.2, -0.15) is 4.31 Å². The van der Waals surface area contributed by atoms with Gasteiger partial charge in [0.15, 0.2) is 0 Å². The molecule has 1 aliphatic heterocycles. The maximum atomic E-state index is 12.9. The van der Waals surface area contributed by atoms with Crippen molar-refractivity contribution in [1.82, 2.24) is 19.4 Å². The third kappa shape index (κ3) is 4.63. The second-order valence-electron chi connectivity index (χ2n) is 7.31. The highest BCUT2D eigenvalue weighted by molar-refractivity contribution is 7.89. The standard InChI is InChI=1S/C20H21N5O5S/c1-15-4-2-5-16(12-15)20-22-21-19(30-20)14-23-8-10-24(11-9-23)31(28,29)18-7-3-6-17(13-18)25(26)27/h2-7,12-13H,8-11,14H2,1H3. The molecule has 31 heavy (non-hydrogen) atoms. The van der Waals surface area contributed by atoms with Gasteiger partial charge >= 0.3 is 0 Å². The van der Waals surface area contributed by atoms with E-state index in [9.17, 15) is 18.5 Å². The van der Waals surface area contributed by atoms with Gasteiger partial charge in [-0.15, -0.1) is 10.2 Å². The van der Waals surface area contributed by atoms with Crippen molar-refractivity contribution in [3.05, 3.63) is 70.1 Å². The zero-order valence-electron chi connectivity index (χ0n) is 16.8. The fourth-order valence-electron chi connectivity index (χ4n) is 3.44. The number of aromatic nitrogens is 2. The lowest BCUT2D eigenvalue weighted by atomic mass is 10.1. The molecule has 10 nitrogen and oxygen atoms in total. The number of nitro benzene ring substituents is 1. The Kier molecular flexibility index (Phi) is 5.81. The van der Waals surface area contributed by atoms with Gasteiger partial charge in [-0.1, -0.05) is 23.8 Å². The van der Waals surface area contributed by atoms with Crippen LogP contribution in [0.4, 0.5) is 5.69 Å². The van der Waals surface area contributed by atoms with E-state index >= 15 is 0 Å². The van der Waals surface area contributed by atoms with Crippen LogP contribution >= 0.6 is 0 Å². The predicted octanol–water partition coefficient (Wildman–Crippen LogP) is 2.46. The first kappa shape index (κ1) is 21.1. The summed E-state index contributed by atoms with van der Waals surface area (Å²) < 4.78 is 32.8. The largest absolute Gasteiger partial charge is 0.419 e. The second-order valence-corrected chi connectivity index (χ2v) is 9.24. The summed E-state index contributed by atoms with van der Waals surface area (Å²) in [6.45, 7) is 3.91. The highest BCUT2D eigenvalue weighted by Crippen LogP contribution is 2.23. The number of benzene rings is 2. The lowest BCUT2D eigenvalue weighted by molar-refractivity contribution is -0.385. The first-order valence-electron chi connectivity index (χ1n) is 9.69. The third-order valence-electron chi connectivity index (χ3n) is 5.09. The molecule has 0 atom stereocenters. The molecular formula is C20H21N5O5S. The number of rotatable bonds is 6. The Labute approximate surface area is 179 Å². The summed E-state index contributed by atoms with van der Waals surface area (Å²) in [4.78, 5) is 12.3. The molecule has 0 N–H and O–H groups in total. The van der Waals surface area contributed by atoms with Crippen molar-refractivity contribution in [2.24, 2.45) is 0 Å². The van der Waals surface area contributed by atoms with Crippen LogP contribution in [0.5, 0.6) is 0 Å². The molecule has 2 heterocycles. The molecule has 1 saturated heterocycles. The number of sulfonamides is 1. The molecule has 11 heteroatoms. The van der Waals surface area contributed by atoms with Gasteiger partial charge in [-0.05, 0) is 25.1 Å². The normalized spacial score (nSPS) is 15.8. The Morgan fingerprint density at radius 3 is 2.52 bits per heavy atom. The molecule has 3 aromatic rings. The molecule has 0 saturated carbocycles. The average Bonchev–Trinajstić information content (AvgIpc) is 3.23. The molecule has 4 rings (SSSR count). The molecule has 0 aliphatic carbocycles. The fraction of sp³-hybridized carbons (Fsp3) is 0.300. The van der Waals surface area contributed by atoms with E-state index in [0.717, 1.165) is 17.2 Å². The zero-order valence-corrected chi connectivity index (χ0v) is 17.7. The van der Waals surface area contributed by atoms with Gasteiger partial charge in [0.05, 0.1) is 16.4 Å². The van der Waals surface area contributed by atoms with Crippen LogP contribution in [0.25, 0.3) is 11.5 Å². The van der Waals surface area contributed by atoms with Crippen LogP contribution in [-0.4, -0.2) is 58.9 Å². The summed E-state index contributed by atoms with van der Waals surface area (Å²) in [6.07, 6.45) is 0. The summed E-state index contributed by atoms with van der Waals surface area (Å²) in [7, 11) is -3.80. The average molecular weight is 443 g/mol. The van der Waals surface area contributed by atoms with Crippen molar-refractivity contribution < 1.29 is 17.8 Å². The summed E-state index contributed by atoms with van der Waals surface area (Å²) >= 11 is 0. The van der Waals surface area contributed by atoms with E-state index in [4.69, 9.17) is 4.42 Å². The second kappa shape index (κ2) is 8.53. The highest BCUT2D eigenvalue weighted by Gasteiger charge is 2.30. The molecule has 1 aromatic heterocycles. The summed E-state index contributed by atoms with van der Waals surface area (Å²) in [5, 5.41) is 19.2. The van der Waals surface area contributed by atoms with Crippen LogP contribution in [0.3, 0.4) is 0 Å². The SMILES string of the molecule is Cc1cccc(-c2nnc(CN3CCN(S(=O)(=O)c4cccc([N+](=O)[O-])c4)CC3)o2)c1. The van der Waals surface area contributed by atoms with E-state index in [1.807, 2.05) is 36.1 Å². The fourth-order valence-corrected chi connectivity index (χ4v) is 4.90. The van der Waals surface area contributed by atoms with Gasteiger partial charge < -0.3 is 4.42 Å². The molecule has 0 bridgehead atoms.